The van der Waals surface area contributed by atoms with Crippen molar-refractivity contribution >= 4 is 25.7 Å². The molecule has 0 saturated heterocycles. The molecule has 0 rings (SSSR count). The zero-order valence-corrected chi connectivity index (χ0v) is 37.3. The van der Waals surface area contributed by atoms with Gasteiger partial charge in [0.25, 0.3) is 0 Å². The Labute approximate surface area is 352 Å². The fourth-order valence-electron chi connectivity index (χ4n) is 5.95. The van der Waals surface area contributed by atoms with Gasteiger partial charge in [-0.3, -0.25) is 23.4 Å². The number of allylic oxidation sites excluding steroid dienone is 8. The Balaban J connectivity index is 4.36. The number of unbranched alkanes of at least 4 members (excludes halogenated alkanes) is 20. The lowest BCUT2D eigenvalue weighted by Gasteiger charge is -2.20. The number of hydrogen-bond acceptors (Lipinski definition) is 9. The van der Waals surface area contributed by atoms with Crippen LogP contribution < -0.4 is 5.73 Å². The highest BCUT2D eigenvalue weighted by Crippen LogP contribution is 2.43. The number of esters is 2. The van der Waals surface area contributed by atoms with Gasteiger partial charge in [0.15, 0.2) is 6.10 Å². The number of rotatable bonds is 42. The fraction of sp³-hybridized carbons (Fsp3) is 0.761. The molecule has 0 aliphatic heterocycles. The number of hydrogen-bond donors (Lipinski definition) is 3. The second kappa shape index (κ2) is 41.2. The zero-order valence-electron chi connectivity index (χ0n) is 36.4. The van der Waals surface area contributed by atoms with Crippen molar-refractivity contribution in [3.8, 4) is 0 Å². The summed E-state index contributed by atoms with van der Waals surface area (Å²) in [7, 11) is -4.72. The highest BCUT2D eigenvalue weighted by molar-refractivity contribution is 7.47. The molecule has 11 nitrogen and oxygen atoms in total. The van der Waals surface area contributed by atoms with E-state index in [1.54, 1.807) is 0 Å². The van der Waals surface area contributed by atoms with Crippen molar-refractivity contribution in [2.75, 3.05) is 19.8 Å². The van der Waals surface area contributed by atoms with Crippen LogP contribution in [0.25, 0.3) is 0 Å². The minimum Gasteiger partial charge on any atom is -0.480 e. The summed E-state index contributed by atoms with van der Waals surface area (Å²) >= 11 is 0. The van der Waals surface area contributed by atoms with Crippen molar-refractivity contribution in [1.82, 2.24) is 0 Å². The standard InChI is InChI=1S/C46H82NO10P/c1-3-5-7-9-11-13-15-17-19-20-21-22-24-26-28-30-32-34-36-38-45(49)57-42(40-55-58(52,53)56-41-43(47)46(50)51)39-54-44(48)37-35-33-31-29-27-25-23-18-16-14-12-10-8-6-4-2/h11-14,17-19,23,42-43H,3-10,15-16,20-22,24-41,47H2,1-2H3,(H,50,51)(H,52,53)/b13-11+,14-12+,19-17+,23-18+/t42-,43+/m1/s1. The van der Waals surface area contributed by atoms with E-state index in [9.17, 15) is 23.8 Å². The van der Waals surface area contributed by atoms with E-state index in [-0.39, 0.29) is 19.4 Å². The van der Waals surface area contributed by atoms with Crippen LogP contribution in [0.4, 0.5) is 0 Å². The van der Waals surface area contributed by atoms with Gasteiger partial charge in [-0.2, -0.15) is 0 Å². The number of aliphatic carboxylic acids is 1. The van der Waals surface area contributed by atoms with Crippen molar-refractivity contribution in [2.45, 2.75) is 206 Å². The van der Waals surface area contributed by atoms with E-state index in [4.69, 9.17) is 24.8 Å². The van der Waals surface area contributed by atoms with Gasteiger partial charge in [-0.15, -0.1) is 0 Å². The minimum absolute atomic E-state index is 0.152. The molecule has 0 bridgehead atoms. The van der Waals surface area contributed by atoms with Crippen LogP contribution in [0.2, 0.25) is 0 Å². The van der Waals surface area contributed by atoms with Crippen molar-refractivity contribution in [3.05, 3.63) is 48.6 Å². The zero-order chi connectivity index (χ0) is 42.8. The maximum atomic E-state index is 12.6. The molecule has 0 fully saturated rings. The third-order valence-electron chi connectivity index (χ3n) is 9.55. The molecule has 0 radical (unpaired) electrons. The summed E-state index contributed by atoms with van der Waals surface area (Å²) < 4.78 is 32.7. The summed E-state index contributed by atoms with van der Waals surface area (Å²) in [5.41, 5.74) is 5.34. The first kappa shape index (κ1) is 55.4. The van der Waals surface area contributed by atoms with Gasteiger partial charge in [0.05, 0.1) is 13.2 Å². The summed E-state index contributed by atoms with van der Waals surface area (Å²) in [5, 5.41) is 8.89. The van der Waals surface area contributed by atoms with Gasteiger partial charge in [0, 0.05) is 12.8 Å². The maximum absolute atomic E-state index is 12.6. The van der Waals surface area contributed by atoms with Gasteiger partial charge < -0.3 is 25.2 Å². The molecule has 58 heavy (non-hydrogen) atoms. The Morgan fingerprint density at radius 1 is 0.534 bits per heavy atom. The largest absolute Gasteiger partial charge is 0.480 e. The monoisotopic (exact) mass is 840 g/mol. The summed E-state index contributed by atoms with van der Waals surface area (Å²) in [5.74, 6) is -2.40. The molecule has 3 atom stereocenters. The lowest BCUT2D eigenvalue weighted by molar-refractivity contribution is -0.161. The Morgan fingerprint density at radius 3 is 1.34 bits per heavy atom. The number of ether oxygens (including phenoxy) is 2. The number of nitrogens with two attached hydrogens (primary N) is 1. The maximum Gasteiger partial charge on any atom is 0.472 e. The van der Waals surface area contributed by atoms with Crippen molar-refractivity contribution < 1.29 is 47.5 Å². The molecule has 0 saturated carbocycles. The fourth-order valence-corrected chi connectivity index (χ4v) is 6.73. The summed E-state index contributed by atoms with van der Waals surface area (Å²) in [6, 6.07) is -1.53. The van der Waals surface area contributed by atoms with Gasteiger partial charge in [-0.25, -0.2) is 4.57 Å². The Morgan fingerprint density at radius 2 is 0.914 bits per heavy atom. The van der Waals surface area contributed by atoms with Gasteiger partial charge in [-0.05, 0) is 77.0 Å². The number of carboxylic acid groups (broad SMARTS) is 1. The molecule has 0 aromatic carbocycles. The topological polar surface area (TPSA) is 172 Å². The quantitative estimate of drug-likeness (QED) is 0.0231. The minimum atomic E-state index is -4.72. The smallest absolute Gasteiger partial charge is 0.472 e. The predicted octanol–water partition coefficient (Wildman–Crippen LogP) is 12.2. The number of phosphoric ester groups is 1. The van der Waals surface area contributed by atoms with E-state index in [0.717, 1.165) is 77.0 Å². The Kier molecular flexibility index (Phi) is 39.4. The number of carbonyl (C=O) groups excluding carboxylic acids is 2. The van der Waals surface area contributed by atoms with Crippen molar-refractivity contribution in [2.24, 2.45) is 5.73 Å². The third-order valence-corrected chi connectivity index (χ3v) is 10.5. The summed E-state index contributed by atoms with van der Waals surface area (Å²) in [4.78, 5) is 46.0. The molecule has 0 spiro atoms. The average molecular weight is 840 g/mol. The second-order valence-corrected chi connectivity index (χ2v) is 16.6. The lowest BCUT2D eigenvalue weighted by atomic mass is 10.1. The molecular formula is C46H82NO10P. The first-order valence-electron chi connectivity index (χ1n) is 22.7. The molecule has 0 aliphatic carbocycles. The predicted molar refractivity (Wildman–Crippen MR) is 235 cm³/mol. The number of phosphoric acid groups is 1. The summed E-state index contributed by atoms with van der Waals surface area (Å²) in [6.07, 6.45) is 45.9. The van der Waals surface area contributed by atoms with Gasteiger partial charge in [-0.1, -0.05) is 152 Å². The molecule has 0 aromatic heterocycles. The van der Waals surface area contributed by atoms with Crippen molar-refractivity contribution in [1.29, 1.82) is 0 Å². The van der Waals surface area contributed by atoms with Gasteiger partial charge in [0.2, 0.25) is 0 Å². The van der Waals surface area contributed by atoms with E-state index in [0.29, 0.717) is 12.8 Å². The second-order valence-electron chi connectivity index (χ2n) is 15.2. The molecule has 0 heterocycles. The highest BCUT2D eigenvalue weighted by Gasteiger charge is 2.28. The van der Waals surface area contributed by atoms with Crippen LogP contribution in [-0.4, -0.2) is 59.9 Å². The highest BCUT2D eigenvalue weighted by atomic mass is 31.2. The van der Waals surface area contributed by atoms with Crippen LogP contribution in [0.15, 0.2) is 48.6 Å². The molecule has 0 aromatic rings. The summed E-state index contributed by atoms with van der Waals surface area (Å²) in [6.45, 7) is 2.74. The Hall–Kier alpha value is -2.56. The number of carboxylic acids is 1. The molecule has 336 valence electrons. The molecular weight excluding hydrogens is 757 g/mol. The Bertz CT molecular complexity index is 1170. The lowest BCUT2D eigenvalue weighted by Crippen LogP contribution is -2.34. The normalized spacial score (nSPS) is 14.1. The van der Waals surface area contributed by atoms with Crippen LogP contribution in [0.1, 0.15) is 194 Å². The van der Waals surface area contributed by atoms with Crippen LogP contribution >= 0.6 is 7.82 Å². The first-order valence-corrected chi connectivity index (χ1v) is 24.2. The van der Waals surface area contributed by atoms with E-state index in [1.165, 1.54) is 77.0 Å². The number of carbonyl (C=O) groups is 3. The SMILES string of the molecule is CCCCC/C=C/C/C=C/CCCCCCCCCCCC(=O)O[C@H](COC(=O)CCCCCCC/C=C/C/C=C/CCCCC)COP(=O)(O)OC[C@H](N)C(=O)O. The van der Waals surface area contributed by atoms with Crippen LogP contribution in [0.3, 0.4) is 0 Å². The van der Waals surface area contributed by atoms with Gasteiger partial charge in [0.1, 0.15) is 12.6 Å². The van der Waals surface area contributed by atoms with Crippen LogP contribution in [0, 0.1) is 0 Å². The molecule has 0 aliphatic rings. The molecule has 1 unspecified atom stereocenters. The van der Waals surface area contributed by atoms with Gasteiger partial charge >= 0.3 is 25.7 Å². The molecule has 4 N–H and O–H groups in total. The third kappa shape index (κ3) is 40.2. The van der Waals surface area contributed by atoms with E-state index >= 15 is 0 Å². The molecule has 12 heteroatoms. The first-order chi connectivity index (χ1) is 28.1. The molecule has 0 amide bonds. The van der Waals surface area contributed by atoms with E-state index < -0.39 is 51.1 Å². The average Bonchev–Trinajstić information content (AvgIpc) is 3.20. The van der Waals surface area contributed by atoms with Crippen LogP contribution in [0.5, 0.6) is 0 Å². The van der Waals surface area contributed by atoms with E-state index in [1.807, 2.05) is 0 Å². The van der Waals surface area contributed by atoms with Crippen molar-refractivity contribution in [3.63, 3.8) is 0 Å². The van der Waals surface area contributed by atoms with Crippen LogP contribution in [-0.2, 0) is 37.5 Å². The van der Waals surface area contributed by atoms with E-state index in [2.05, 4.69) is 67.0 Å².